The van der Waals surface area contributed by atoms with E-state index in [9.17, 15) is 14.7 Å². The molecule has 0 aliphatic carbocycles. The third-order valence-electron chi connectivity index (χ3n) is 3.63. The van der Waals surface area contributed by atoms with Crippen molar-refractivity contribution in [3.05, 3.63) is 51.0 Å². The van der Waals surface area contributed by atoms with E-state index in [1.54, 1.807) is 12.1 Å². The van der Waals surface area contributed by atoms with Crippen LogP contribution in [-0.4, -0.2) is 22.0 Å². The molecule has 0 aliphatic rings. The van der Waals surface area contributed by atoms with E-state index in [1.165, 1.54) is 17.5 Å². The Bertz CT molecular complexity index is 724. The van der Waals surface area contributed by atoms with E-state index in [0.29, 0.717) is 10.4 Å². The van der Waals surface area contributed by atoms with Crippen molar-refractivity contribution in [2.75, 3.05) is 0 Å². The van der Waals surface area contributed by atoms with Gasteiger partial charge in [0.1, 0.15) is 4.88 Å². The second kappa shape index (κ2) is 7.37. The fraction of sp³-hybridized carbons (Fsp3) is 0.353. The summed E-state index contributed by atoms with van der Waals surface area (Å²) in [6.45, 7) is 5.92. The summed E-state index contributed by atoms with van der Waals surface area (Å²) in [5.41, 5.74) is 2.63. The Hall–Kier alpha value is -2.21. The molecule has 1 aromatic carbocycles. The van der Waals surface area contributed by atoms with Crippen molar-refractivity contribution in [3.8, 4) is 0 Å². The SMILES string of the molecule is CCCc1ncc(C(=O)NC(C(=O)O)c2ccc(C)c(C)c2)s1. The van der Waals surface area contributed by atoms with Gasteiger partial charge in [-0.1, -0.05) is 25.1 Å². The molecule has 0 bridgehead atoms. The highest BCUT2D eigenvalue weighted by Gasteiger charge is 2.24. The van der Waals surface area contributed by atoms with Crippen LogP contribution in [-0.2, 0) is 11.2 Å². The maximum absolute atomic E-state index is 12.3. The molecule has 1 amide bonds. The van der Waals surface area contributed by atoms with Crippen LogP contribution in [0.15, 0.2) is 24.4 Å². The number of hydrogen-bond donors (Lipinski definition) is 2. The average Bonchev–Trinajstić information content (AvgIpc) is 2.96. The fourth-order valence-electron chi connectivity index (χ4n) is 2.18. The van der Waals surface area contributed by atoms with Gasteiger partial charge in [-0.2, -0.15) is 0 Å². The van der Waals surface area contributed by atoms with Crippen LogP contribution < -0.4 is 5.32 Å². The summed E-state index contributed by atoms with van der Waals surface area (Å²) in [7, 11) is 0. The van der Waals surface area contributed by atoms with E-state index in [1.807, 2.05) is 26.8 Å². The summed E-state index contributed by atoms with van der Waals surface area (Å²) < 4.78 is 0. The highest BCUT2D eigenvalue weighted by Crippen LogP contribution is 2.20. The molecule has 0 spiro atoms. The number of nitrogens with zero attached hydrogens (tertiary/aromatic N) is 1. The summed E-state index contributed by atoms with van der Waals surface area (Å²) in [5, 5.41) is 12.9. The van der Waals surface area contributed by atoms with E-state index in [-0.39, 0.29) is 0 Å². The monoisotopic (exact) mass is 332 g/mol. The van der Waals surface area contributed by atoms with Gasteiger partial charge < -0.3 is 10.4 Å². The van der Waals surface area contributed by atoms with Gasteiger partial charge in [0.15, 0.2) is 6.04 Å². The van der Waals surface area contributed by atoms with Crippen LogP contribution in [0.25, 0.3) is 0 Å². The number of rotatable bonds is 6. The highest BCUT2D eigenvalue weighted by molar-refractivity contribution is 7.13. The molecule has 0 fully saturated rings. The Morgan fingerprint density at radius 2 is 2.04 bits per heavy atom. The number of thiazole rings is 1. The number of nitrogens with one attached hydrogen (secondary N) is 1. The van der Waals surface area contributed by atoms with Crippen molar-refractivity contribution < 1.29 is 14.7 Å². The molecule has 1 aromatic heterocycles. The zero-order chi connectivity index (χ0) is 17.0. The van der Waals surface area contributed by atoms with Gasteiger partial charge in [0, 0.05) is 0 Å². The molecule has 0 saturated heterocycles. The van der Waals surface area contributed by atoms with Gasteiger partial charge in [-0.25, -0.2) is 9.78 Å². The predicted octanol–water partition coefficient (Wildman–Crippen LogP) is 3.27. The number of carboxylic acid groups (broad SMARTS) is 1. The molecule has 23 heavy (non-hydrogen) atoms. The Labute approximate surface area is 139 Å². The summed E-state index contributed by atoms with van der Waals surface area (Å²) in [5.74, 6) is -1.49. The lowest BCUT2D eigenvalue weighted by atomic mass is 10.0. The van der Waals surface area contributed by atoms with Crippen LogP contribution in [0, 0.1) is 13.8 Å². The van der Waals surface area contributed by atoms with Gasteiger partial charge in [-0.3, -0.25) is 4.79 Å². The van der Waals surface area contributed by atoms with Gasteiger partial charge in [0.25, 0.3) is 5.91 Å². The third-order valence-corrected chi connectivity index (χ3v) is 4.68. The Morgan fingerprint density at radius 3 is 2.65 bits per heavy atom. The first-order valence-electron chi connectivity index (χ1n) is 7.48. The number of benzene rings is 1. The predicted molar refractivity (Wildman–Crippen MR) is 89.9 cm³/mol. The summed E-state index contributed by atoms with van der Waals surface area (Å²) >= 11 is 1.30. The molecule has 0 aliphatic heterocycles. The molecule has 122 valence electrons. The third kappa shape index (κ3) is 4.16. The van der Waals surface area contributed by atoms with E-state index >= 15 is 0 Å². The molecule has 1 atom stereocenters. The van der Waals surface area contributed by atoms with Crippen LogP contribution in [0.1, 0.15) is 50.8 Å². The van der Waals surface area contributed by atoms with Crippen LogP contribution in [0.2, 0.25) is 0 Å². The lowest BCUT2D eigenvalue weighted by Crippen LogP contribution is -2.33. The second-order valence-corrected chi connectivity index (χ2v) is 6.57. The number of amides is 1. The van der Waals surface area contributed by atoms with E-state index < -0.39 is 17.9 Å². The lowest BCUT2D eigenvalue weighted by Gasteiger charge is -2.15. The normalized spacial score (nSPS) is 12.0. The standard InChI is InChI=1S/C17H20N2O3S/c1-4-5-14-18-9-13(23-14)16(20)19-15(17(21)22)12-7-6-10(2)11(3)8-12/h6-9,15H,4-5H2,1-3H3,(H,19,20)(H,21,22). The molecule has 1 heterocycles. The average molecular weight is 332 g/mol. The largest absolute Gasteiger partial charge is 0.479 e. The minimum Gasteiger partial charge on any atom is -0.479 e. The highest BCUT2D eigenvalue weighted by atomic mass is 32.1. The summed E-state index contributed by atoms with van der Waals surface area (Å²) in [6, 6.07) is 4.32. The quantitative estimate of drug-likeness (QED) is 0.851. The molecule has 2 aromatic rings. The van der Waals surface area contributed by atoms with Crippen LogP contribution in [0.3, 0.4) is 0 Å². The first-order valence-corrected chi connectivity index (χ1v) is 8.29. The number of carboxylic acids is 1. The smallest absolute Gasteiger partial charge is 0.330 e. The van der Waals surface area contributed by atoms with Gasteiger partial charge in [0.2, 0.25) is 0 Å². The van der Waals surface area contributed by atoms with Gasteiger partial charge in [-0.15, -0.1) is 11.3 Å². The Kier molecular flexibility index (Phi) is 5.50. The Balaban J connectivity index is 2.19. The number of hydrogen-bond acceptors (Lipinski definition) is 4. The number of aromatic nitrogens is 1. The minimum absolute atomic E-state index is 0.407. The van der Waals surface area contributed by atoms with Gasteiger partial charge in [-0.05, 0) is 43.4 Å². The van der Waals surface area contributed by atoms with Crippen molar-refractivity contribution in [3.63, 3.8) is 0 Å². The zero-order valence-corrected chi connectivity index (χ0v) is 14.2. The van der Waals surface area contributed by atoms with Crippen molar-refractivity contribution in [2.45, 2.75) is 39.7 Å². The fourth-order valence-corrected chi connectivity index (χ4v) is 3.10. The summed E-state index contributed by atoms with van der Waals surface area (Å²) in [4.78, 5) is 28.5. The van der Waals surface area contributed by atoms with Crippen LogP contribution in [0.5, 0.6) is 0 Å². The van der Waals surface area contributed by atoms with Gasteiger partial charge in [0.05, 0.1) is 11.2 Å². The van der Waals surface area contributed by atoms with Crippen LogP contribution in [0.4, 0.5) is 0 Å². The van der Waals surface area contributed by atoms with Crippen molar-refractivity contribution in [1.82, 2.24) is 10.3 Å². The topological polar surface area (TPSA) is 79.3 Å². The first-order chi connectivity index (χ1) is 10.9. The molecule has 5 nitrogen and oxygen atoms in total. The lowest BCUT2D eigenvalue weighted by molar-refractivity contribution is -0.139. The van der Waals surface area contributed by atoms with E-state index in [4.69, 9.17) is 0 Å². The molecule has 0 radical (unpaired) electrons. The molecular formula is C17H20N2O3S. The summed E-state index contributed by atoms with van der Waals surface area (Å²) in [6.07, 6.45) is 3.27. The maximum atomic E-state index is 12.3. The molecular weight excluding hydrogens is 312 g/mol. The zero-order valence-electron chi connectivity index (χ0n) is 13.4. The van der Waals surface area contributed by atoms with E-state index in [0.717, 1.165) is 29.0 Å². The van der Waals surface area contributed by atoms with Crippen molar-refractivity contribution >= 4 is 23.2 Å². The van der Waals surface area contributed by atoms with Crippen molar-refractivity contribution in [2.24, 2.45) is 0 Å². The number of aryl methyl sites for hydroxylation is 3. The van der Waals surface area contributed by atoms with Crippen LogP contribution >= 0.6 is 11.3 Å². The number of carbonyl (C=O) groups excluding carboxylic acids is 1. The Morgan fingerprint density at radius 1 is 1.30 bits per heavy atom. The number of carbonyl (C=O) groups is 2. The second-order valence-electron chi connectivity index (χ2n) is 5.46. The van der Waals surface area contributed by atoms with Crippen molar-refractivity contribution in [1.29, 1.82) is 0 Å². The first kappa shape index (κ1) is 17.1. The van der Waals surface area contributed by atoms with E-state index in [2.05, 4.69) is 10.3 Å². The molecule has 0 saturated carbocycles. The molecule has 6 heteroatoms. The minimum atomic E-state index is -1.08. The van der Waals surface area contributed by atoms with Gasteiger partial charge >= 0.3 is 5.97 Å². The molecule has 1 unspecified atom stereocenters. The molecule has 2 rings (SSSR count). The molecule has 2 N–H and O–H groups in total. The maximum Gasteiger partial charge on any atom is 0.330 e. The number of aliphatic carboxylic acids is 1.